The summed E-state index contributed by atoms with van der Waals surface area (Å²) in [6, 6.07) is -0.998. The largest absolute Gasteiger partial charge is 0.480 e. The minimum Gasteiger partial charge on any atom is -0.480 e. The first-order valence-electron chi connectivity index (χ1n) is 7.05. The number of carboxylic acids is 1. The Hall–Kier alpha value is -1.41. The molecule has 8 heteroatoms. The van der Waals surface area contributed by atoms with Gasteiger partial charge in [-0.1, -0.05) is 13.3 Å². The summed E-state index contributed by atoms with van der Waals surface area (Å²) >= 11 is 0. The van der Waals surface area contributed by atoms with E-state index in [-0.39, 0.29) is 17.4 Å². The molecule has 2 heterocycles. The zero-order chi connectivity index (χ0) is 15.8. The smallest absolute Gasteiger partial charge is 0.322 e. The average Bonchev–Trinajstić information content (AvgIpc) is 2.77. The van der Waals surface area contributed by atoms with Crippen LogP contribution in [0.1, 0.15) is 37.6 Å². The quantitative estimate of drug-likeness (QED) is 0.871. The molecule has 7 nitrogen and oxygen atoms in total. The summed E-state index contributed by atoms with van der Waals surface area (Å²) in [5.74, 6) is -0.834. The molecular formula is C13H21N3O4S. The first-order valence-corrected chi connectivity index (χ1v) is 8.49. The van der Waals surface area contributed by atoms with Gasteiger partial charge in [0.1, 0.15) is 10.9 Å². The monoisotopic (exact) mass is 315 g/mol. The van der Waals surface area contributed by atoms with Crippen LogP contribution in [0.3, 0.4) is 0 Å². The van der Waals surface area contributed by atoms with Crippen LogP contribution in [0.4, 0.5) is 0 Å². The van der Waals surface area contributed by atoms with E-state index in [9.17, 15) is 18.3 Å². The van der Waals surface area contributed by atoms with Crippen molar-refractivity contribution in [2.24, 2.45) is 5.92 Å². The third kappa shape index (κ3) is 2.82. The Morgan fingerprint density at radius 1 is 1.48 bits per heavy atom. The van der Waals surface area contributed by atoms with Crippen molar-refractivity contribution in [3.05, 3.63) is 11.4 Å². The molecule has 1 fully saturated rings. The van der Waals surface area contributed by atoms with Crippen LogP contribution >= 0.6 is 0 Å². The van der Waals surface area contributed by atoms with E-state index < -0.39 is 22.0 Å². The number of carboxylic acid groups (broad SMARTS) is 1. The lowest BCUT2D eigenvalue weighted by Gasteiger charge is -2.35. The zero-order valence-electron chi connectivity index (χ0n) is 12.5. The maximum atomic E-state index is 12.8. The number of nitrogens with one attached hydrogen (secondary N) is 1. The number of hydrogen-bond donors (Lipinski definition) is 2. The van der Waals surface area contributed by atoms with E-state index in [0.29, 0.717) is 24.2 Å². The van der Waals surface area contributed by atoms with Gasteiger partial charge >= 0.3 is 5.97 Å². The van der Waals surface area contributed by atoms with E-state index >= 15 is 0 Å². The van der Waals surface area contributed by atoms with Gasteiger partial charge in [-0.25, -0.2) is 8.42 Å². The summed E-state index contributed by atoms with van der Waals surface area (Å²) in [6.45, 7) is 5.46. The first kappa shape index (κ1) is 16.0. The van der Waals surface area contributed by atoms with Crippen molar-refractivity contribution in [2.75, 3.05) is 6.54 Å². The highest BCUT2D eigenvalue weighted by Gasteiger charge is 2.41. The van der Waals surface area contributed by atoms with Gasteiger partial charge in [0.05, 0.1) is 11.4 Å². The third-order valence-corrected chi connectivity index (χ3v) is 6.32. The van der Waals surface area contributed by atoms with Gasteiger partial charge in [0.25, 0.3) is 0 Å². The summed E-state index contributed by atoms with van der Waals surface area (Å²) in [4.78, 5) is 11.6. The van der Waals surface area contributed by atoms with Crippen molar-refractivity contribution in [3.8, 4) is 0 Å². The van der Waals surface area contributed by atoms with Crippen LogP contribution in [0.5, 0.6) is 0 Å². The Bertz CT molecular complexity index is 618. The van der Waals surface area contributed by atoms with Crippen molar-refractivity contribution in [1.29, 1.82) is 0 Å². The fourth-order valence-electron chi connectivity index (χ4n) is 2.94. The van der Waals surface area contributed by atoms with E-state index in [1.165, 1.54) is 0 Å². The number of sulfonamides is 1. The Morgan fingerprint density at radius 2 is 2.14 bits per heavy atom. The number of nitrogens with zero attached hydrogens (tertiary/aromatic N) is 2. The van der Waals surface area contributed by atoms with Crippen molar-refractivity contribution in [3.63, 3.8) is 0 Å². The van der Waals surface area contributed by atoms with E-state index in [0.717, 1.165) is 10.7 Å². The van der Waals surface area contributed by atoms with Crippen molar-refractivity contribution in [1.82, 2.24) is 14.5 Å². The minimum absolute atomic E-state index is 0.101. The topological polar surface area (TPSA) is 103 Å². The van der Waals surface area contributed by atoms with E-state index in [2.05, 4.69) is 10.2 Å². The molecular weight excluding hydrogens is 294 g/mol. The maximum Gasteiger partial charge on any atom is 0.322 e. The van der Waals surface area contributed by atoms with Gasteiger partial charge in [-0.3, -0.25) is 9.89 Å². The number of aromatic nitrogens is 2. The van der Waals surface area contributed by atoms with E-state index in [1.54, 1.807) is 13.8 Å². The van der Waals surface area contributed by atoms with E-state index in [1.807, 2.05) is 6.92 Å². The Labute approximate surface area is 124 Å². The highest BCUT2D eigenvalue weighted by molar-refractivity contribution is 7.89. The Balaban J connectivity index is 2.41. The fourth-order valence-corrected chi connectivity index (χ4v) is 4.88. The van der Waals surface area contributed by atoms with Gasteiger partial charge in [0, 0.05) is 6.54 Å². The summed E-state index contributed by atoms with van der Waals surface area (Å²) in [5.41, 5.74) is 0.809. The second kappa shape index (κ2) is 5.76. The molecule has 0 radical (unpaired) electrons. The number of rotatable bonds is 4. The lowest BCUT2D eigenvalue weighted by atomic mass is 9.90. The van der Waals surface area contributed by atoms with Gasteiger partial charge in [-0.15, -0.1) is 0 Å². The van der Waals surface area contributed by atoms with Gasteiger partial charge in [0.2, 0.25) is 10.0 Å². The molecule has 0 saturated carbocycles. The standard InChI is InChI=1S/C13H21N3O4S/c1-4-10-5-6-16(11(7-10)13(17)18)21(19,20)12-8(2)14-15-9(12)3/h10-11H,4-7H2,1-3H3,(H,14,15)(H,17,18). The fraction of sp³-hybridized carbons (Fsp3) is 0.692. The van der Waals surface area contributed by atoms with Crippen LogP contribution < -0.4 is 0 Å². The molecule has 118 valence electrons. The molecule has 0 spiro atoms. The second-order valence-electron chi connectivity index (χ2n) is 5.53. The van der Waals surface area contributed by atoms with Crippen LogP contribution in [0.15, 0.2) is 4.90 Å². The highest BCUT2D eigenvalue weighted by atomic mass is 32.2. The third-order valence-electron chi connectivity index (χ3n) is 4.15. The molecule has 1 aromatic rings. The average molecular weight is 315 g/mol. The maximum absolute atomic E-state index is 12.8. The van der Waals surface area contributed by atoms with Crippen molar-refractivity contribution < 1.29 is 18.3 Å². The Kier molecular flexibility index (Phi) is 4.38. The molecule has 1 aromatic heterocycles. The van der Waals surface area contributed by atoms with Crippen molar-refractivity contribution >= 4 is 16.0 Å². The van der Waals surface area contributed by atoms with Crippen LogP contribution in [-0.2, 0) is 14.8 Å². The molecule has 2 N–H and O–H groups in total. The number of carbonyl (C=O) groups is 1. The van der Waals surface area contributed by atoms with Crippen molar-refractivity contribution in [2.45, 2.75) is 51.0 Å². The number of hydrogen-bond acceptors (Lipinski definition) is 4. The van der Waals surface area contributed by atoms with Gasteiger partial charge in [-0.05, 0) is 32.6 Å². The molecule has 21 heavy (non-hydrogen) atoms. The normalized spacial score (nSPS) is 24.1. The molecule has 0 amide bonds. The lowest BCUT2D eigenvalue weighted by Crippen LogP contribution is -2.50. The molecule has 0 aliphatic carbocycles. The van der Waals surface area contributed by atoms with Gasteiger partial charge < -0.3 is 5.11 Å². The minimum atomic E-state index is -3.85. The summed E-state index contributed by atoms with van der Waals surface area (Å²) in [7, 11) is -3.85. The van der Waals surface area contributed by atoms with Crippen LogP contribution in [0.25, 0.3) is 0 Å². The lowest BCUT2D eigenvalue weighted by molar-refractivity contribution is -0.143. The predicted molar refractivity (Wildman–Crippen MR) is 76.4 cm³/mol. The molecule has 1 aliphatic rings. The summed E-state index contributed by atoms with van der Waals surface area (Å²) in [5, 5.41) is 15.9. The van der Waals surface area contributed by atoms with Gasteiger partial charge in [-0.2, -0.15) is 9.40 Å². The second-order valence-corrected chi connectivity index (χ2v) is 7.36. The van der Waals surface area contributed by atoms with E-state index in [4.69, 9.17) is 0 Å². The molecule has 2 atom stereocenters. The molecule has 1 aliphatic heterocycles. The predicted octanol–water partition coefficient (Wildman–Crippen LogP) is 1.29. The van der Waals surface area contributed by atoms with Gasteiger partial charge in [0.15, 0.2) is 0 Å². The Morgan fingerprint density at radius 3 is 2.62 bits per heavy atom. The molecule has 2 unspecified atom stereocenters. The van der Waals surface area contributed by atoms with Crippen LogP contribution in [0.2, 0.25) is 0 Å². The molecule has 1 saturated heterocycles. The summed E-state index contributed by atoms with van der Waals surface area (Å²) < 4.78 is 26.7. The number of aromatic amines is 1. The zero-order valence-corrected chi connectivity index (χ0v) is 13.3. The first-order chi connectivity index (χ1) is 9.78. The SMILES string of the molecule is CCC1CCN(S(=O)(=O)c2c(C)n[nH]c2C)C(C(=O)O)C1. The number of piperidine rings is 1. The molecule has 0 aromatic carbocycles. The number of H-pyrrole nitrogens is 1. The number of aliphatic carboxylic acids is 1. The summed E-state index contributed by atoms with van der Waals surface area (Å²) in [6.07, 6.45) is 1.91. The van der Waals surface area contributed by atoms with Crippen LogP contribution in [-0.4, -0.2) is 46.6 Å². The van der Waals surface area contributed by atoms with Crippen LogP contribution in [0, 0.1) is 19.8 Å². The molecule has 0 bridgehead atoms. The highest BCUT2D eigenvalue weighted by Crippen LogP contribution is 2.31. The number of aryl methyl sites for hydroxylation is 2. The molecule has 2 rings (SSSR count).